The van der Waals surface area contributed by atoms with E-state index in [1.54, 1.807) is 17.0 Å². The van der Waals surface area contributed by atoms with E-state index in [4.69, 9.17) is 0 Å². The van der Waals surface area contributed by atoms with Gasteiger partial charge in [0.1, 0.15) is 18.4 Å². The Kier molecular flexibility index (Phi) is 7.26. The number of aromatic nitrogens is 1. The summed E-state index contributed by atoms with van der Waals surface area (Å²) in [5.74, 6) is -0.733. The highest BCUT2D eigenvalue weighted by Crippen LogP contribution is 2.42. The van der Waals surface area contributed by atoms with Crippen molar-refractivity contribution in [3.8, 4) is 5.69 Å². The summed E-state index contributed by atoms with van der Waals surface area (Å²) >= 11 is 0. The van der Waals surface area contributed by atoms with Crippen LogP contribution in [0.4, 0.5) is 20.6 Å². The van der Waals surface area contributed by atoms with Crippen LogP contribution in [-0.2, 0) is 4.79 Å². The van der Waals surface area contributed by atoms with Crippen LogP contribution in [0, 0.1) is 12.7 Å². The van der Waals surface area contributed by atoms with E-state index in [1.165, 1.54) is 17.0 Å². The van der Waals surface area contributed by atoms with Gasteiger partial charge >= 0.3 is 6.03 Å². The molecule has 1 unspecified atom stereocenters. The first-order valence-corrected chi connectivity index (χ1v) is 12.9. The molecule has 7 heteroatoms. The number of unbranched alkanes of at least 4 members (excludes halogenated alkanes) is 1. The first kappa shape index (κ1) is 25.3. The van der Waals surface area contributed by atoms with Gasteiger partial charge in [-0.25, -0.2) is 9.18 Å². The van der Waals surface area contributed by atoms with Crippen LogP contribution in [-0.4, -0.2) is 34.5 Å². The molecular weight excluding hydrogens is 479 g/mol. The number of halogens is 1. The van der Waals surface area contributed by atoms with E-state index in [0.717, 1.165) is 41.0 Å². The predicted molar refractivity (Wildman–Crippen MR) is 148 cm³/mol. The lowest BCUT2D eigenvalue weighted by molar-refractivity contribution is -0.119. The Morgan fingerprint density at radius 2 is 1.63 bits per heavy atom. The van der Waals surface area contributed by atoms with Crippen LogP contribution in [0.25, 0.3) is 5.69 Å². The van der Waals surface area contributed by atoms with E-state index in [9.17, 15) is 14.0 Å². The highest BCUT2D eigenvalue weighted by molar-refractivity contribution is 6.01. The minimum Gasteiger partial charge on any atom is -0.316 e. The molecular formula is C31H31FN4O2. The molecule has 3 aromatic carbocycles. The lowest BCUT2D eigenvalue weighted by Gasteiger charge is -2.39. The Hall–Kier alpha value is -4.39. The summed E-state index contributed by atoms with van der Waals surface area (Å²) in [6, 6.07) is 25.1. The zero-order chi connectivity index (χ0) is 26.6. The topological polar surface area (TPSA) is 57.6 Å². The fourth-order valence-corrected chi connectivity index (χ4v) is 4.92. The molecule has 1 N–H and O–H groups in total. The number of nitrogens with one attached hydrogen (secondary N) is 1. The Labute approximate surface area is 222 Å². The normalized spacial score (nSPS) is 14.0. The van der Waals surface area contributed by atoms with Gasteiger partial charge in [0.25, 0.3) is 0 Å². The standard InChI is InChI=1S/C31H31FN4O2/c1-3-4-19-34(31(38)33-25-11-6-5-10-24(25)32)21-29(37)36-27-13-8-7-12-26(27)35-20-9-14-28(35)30(36)23-17-15-22(2)16-18-23/h5-18,20,30H,3-4,19,21H2,1-2H3,(H,33,38). The zero-order valence-corrected chi connectivity index (χ0v) is 21.6. The maximum Gasteiger partial charge on any atom is 0.322 e. The molecule has 0 fully saturated rings. The summed E-state index contributed by atoms with van der Waals surface area (Å²) in [6.07, 6.45) is 3.58. The summed E-state index contributed by atoms with van der Waals surface area (Å²) in [6.45, 7) is 4.30. The van der Waals surface area contributed by atoms with Gasteiger partial charge < -0.3 is 14.8 Å². The van der Waals surface area contributed by atoms with Gasteiger partial charge in [-0.15, -0.1) is 0 Å². The molecule has 1 aliphatic rings. The number of aryl methyl sites for hydroxylation is 1. The SMILES string of the molecule is CCCCN(CC(=O)N1c2ccccc2-n2cccc2C1c1ccc(C)cc1)C(=O)Nc1ccccc1F. The molecule has 5 rings (SSSR count). The van der Waals surface area contributed by atoms with E-state index in [-0.39, 0.29) is 24.2 Å². The third kappa shape index (κ3) is 4.92. The minimum atomic E-state index is -0.521. The van der Waals surface area contributed by atoms with Crippen molar-refractivity contribution in [2.24, 2.45) is 0 Å². The Balaban J connectivity index is 1.51. The van der Waals surface area contributed by atoms with Gasteiger partial charge in [-0.2, -0.15) is 0 Å². The number of urea groups is 1. The summed E-state index contributed by atoms with van der Waals surface area (Å²) in [4.78, 5) is 30.7. The summed E-state index contributed by atoms with van der Waals surface area (Å²) in [5, 5.41) is 2.64. The van der Waals surface area contributed by atoms with Gasteiger partial charge in [-0.05, 0) is 55.3 Å². The molecule has 1 aliphatic heterocycles. The van der Waals surface area contributed by atoms with Crippen molar-refractivity contribution in [2.75, 3.05) is 23.3 Å². The number of hydrogen-bond donors (Lipinski definition) is 1. The quantitative estimate of drug-likeness (QED) is 0.301. The number of hydrogen-bond acceptors (Lipinski definition) is 2. The lowest BCUT2D eigenvalue weighted by Crippen LogP contribution is -2.48. The van der Waals surface area contributed by atoms with Gasteiger partial charge in [-0.3, -0.25) is 9.69 Å². The largest absolute Gasteiger partial charge is 0.322 e. The maximum absolute atomic E-state index is 14.3. The molecule has 0 bridgehead atoms. The van der Waals surface area contributed by atoms with Crippen molar-refractivity contribution in [3.63, 3.8) is 0 Å². The van der Waals surface area contributed by atoms with Gasteiger partial charge in [0.15, 0.2) is 0 Å². The number of benzene rings is 3. The first-order chi connectivity index (χ1) is 18.5. The number of fused-ring (bicyclic) bond motifs is 3. The average molecular weight is 511 g/mol. The van der Waals surface area contributed by atoms with Gasteiger partial charge in [-0.1, -0.05) is 67.4 Å². The highest BCUT2D eigenvalue weighted by Gasteiger charge is 2.37. The minimum absolute atomic E-state index is 0.0881. The molecule has 194 valence electrons. The zero-order valence-electron chi connectivity index (χ0n) is 21.6. The van der Waals surface area contributed by atoms with E-state index in [2.05, 4.69) is 9.88 Å². The molecule has 0 aliphatic carbocycles. The molecule has 3 amide bonds. The molecule has 6 nitrogen and oxygen atoms in total. The van der Waals surface area contributed by atoms with Crippen LogP contribution >= 0.6 is 0 Å². The molecule has 4 aromatic rings. The highest BCUT2D eigenvalue weighted by atomic mass is 19.1. The van der Waals surface area contributed by atoms with Crippen LogP contribution < -0.4 is 10.2 Å². The van der Waals surface area contributed by atoms with Crippen LogP contribution in [0.3, 0.4) is 0 Å². The fraction of sp³-hybridized carbons (Fsp3) is 0.226. The second kappa shape index (κ2) is 10.9. The summed E-state index contributed by atoms with van der Waals surface area (Å²) in [5.41, 5.74) is 4.85. The fourth-order valence-electron chi connectivity index (χ4n) is 4.92. The molecule has 0 radical (unpaired) electrons. The second-order valence-electron chi connectivity index (χ2n) is 9.55. The second-order valence-corrected chi connectivity index (χ2v) is 9.55. The molecule has 1 aromatic heterocycles. The lowest BCUT2D eigenvalue weighted by atomic mass is 9.97. The van der Waals surface area contributed by atoms with E-state index in [0.29, 0.717) is 6.54 Å². The van der Waals surface area contributed by atoms with E-state index >= 15 is 0 Å². The Bertz CT molecular complexity index is 1450. The van der Waals surface area contributed by atoms with Crippen molar-refractivity contribution in [1.29, 1.82) is 0 Å². The van der Waals surface area contributed by atoms with Crippen molar-refractivity contribution in [2.45, 2.75) is 32.7 Å². The van der Waals surface area contributed by atoms with E-state index < -0.39 is 11.8 Å². The third-order valence-corrected chi connectivity index (χ3v) is 6.89. The Morgan fingerprint density at radius 3 is 2.37 bits per heavy atom. The van der Waals surface area contributed by atoms with Crippen molar-refractivity contribution >= 4 is 23.3 Å². The van der Waals surface area contributed by atoms with Crippen LogP contribution in [0.1, 0.15) is 42.6 Å². The molecule has 0 saturated carbocycles. The van der Waals surface area contributed by atoms with Gasteiger partial charge in [0.05, 0.1) is 22.8 Å². The number of para-hydroxylation sites is 3. The summed E-state index contributed by atoms with van der Waals surface area (Å²) < 4.78 is 16.4. The third-order valence-electron chi connectivity index (χ3n) is 6.89. The molecule has 0 saturated heterocycles. The number of carbonyl (C=O) groups is 2. The van der Waals surface area contributed by atoms with Gasteiger partial charge in [0.2, 0.25) is 5.91 Å². The number of carbonyl (C=O) groups excluding carboxylic acids is 2. The monoisotopic (exact) mass is 510 g/mol. The maximum atomic E-state index is 14.3. The van der Waals surface area contributed by atoms with Crippen molar-refractivity contribution in [3.05, 3.63) is 114 Å². The van der Waals surface area contributed by atoms with Crippen LogP contribution in [0.2, 0.25) is 0 Å². The smallest absolute Gasteiger partial charge is 0.316 e. The summed E-state index contributed by atoms with van der Waals surface area (Å²) in [7, 11) is 0. The molecule has 2 heterocycles. The van der Waals surface area contributed by atoms with Gasteiger partial charge in [0, 0.05) is 12.7 Å². The first-order valence-electron chi connectivity index (χ1n) is 12.9. The predicted octanol–water partition coefficient (Wildman–Crippen LogP) is 6.70. The number of amides is 3. The Morgan fingerprint density at radius 1 is 0.921 bits per heavy atom. The van der Waals surface area contributed by atoms with Crippen molar-refractivity contribution in [1.82, 2.24) is 9.47 Å². The number of anilines is 2. The van der Waals surface area contributed by atoms with Crippen LogP contribution in [0.15, 0.2) is 91.1 Å². The number of nitrogens with zero attached hydrogens (tertiary/aromatic N) is 3. The van der Waals surface area contributed by atoms with Crippen molar-refractivity contribution < 1.29 is 14.0 Å². The van der Waals surface area contributed by atoms with E-state index in [1.807, 2.05) is 80.7 Å². The number of rotatable bonds is 7. The molecule has 1 atom stereocenters. The molecule has 38 heavy (non-hydrogen) atoms. The average Bonchev–Trinajstić information content (AvgIpc) is 3.42. The molecule has 0 spiro atoms. The van der Waals surface area contributed by atoms with Crippen LogP contribution in [0.5, 0.6) is 0 Å².